The molecule has 0 spiro atoms. The molecular weight excluding hydrogens is 474 g/mol. The highest BCUT2D eigenvalue weighted by atomic mass is 127. The number of hydrogen-bond donors (Lipinski definition) is 0. The number of carbonyl (C=O) groups excluding carboxylic acids is 2. The van der Waals surface area contributed by atoms with Crippen LogP contribution >= 0.6 is 45.2 Å². The van der Waals surface area contributed by atoms with Crippen molar-refractivity contribution in [2.75, 3.05) is 13.2 Å². The summed E-state index contributed by atoms with van der Waals surface area (Å²) in [6.45, 7) is 2.64. The largest absolute Gasteiger partial charge is 0.491 e. The Morgan fingerprint density at radius 1 is 1.32 bits per heavy atom. The number of halogens is 2. The number of ether oxygens (including phenoxy) is 2. The van der Waals surface area contributed by atoms with E-state index in [2.05, 4.69) is 45.2 Å². The SMILES string of the molecule is CCOC(=O)CCCOc1c(I)cc(C=O)cc1I. The number of rotatable bonds is 7. The maximum absolute atomic E-state index is 11.2. The highest BCUT2D eigenvalue weighted by molar-refractivity contribution is 14.1. The minimum Gasteiger partial charge on any atom is -0.491 e. The van der Waals surface area contributed by atoms with Crippen LogP contribution in [-0.4, -0.2) is 25.5 Å². The van der Waals surface area contributed by atoms with Gasteiger partial charge in [-0.05, 0) is 70.7 Å². The van der Waals surface area contributed by atoms with E-state index in [-0.39, 0.29) is 5.97 Å². The molecule has 0 heterocycles. The van der Waals surface area contributed by atoms with Gasteiger partial charge in [0.2, 0.25) is 0 Å². The first-order valence-electron chi connectivity index (χ1n) is 5.81. The molecule has 0 unspecified atom stereocenters. The summed E-state index contributed by atoms with van der Waals surface area (Å²) in [6.07, 6.45) is 1.78. The topological polar surface area (TPSA) is 52.6 Å². The summed E-state index contributed by atoms with van der Waals surface area (Å²) < 4.78 is 12.3. The van der Waals surface area contributed by atoms with Gasteiger partial charge in [0, 0.05) is 12.0 Å². The molecule has 0 saturated heterocycles. The first-order valence-corrected chi connectivity index (χ1v) is 7.96. The molecular formula is C13H14I2O4. The molecule has 0 aliphatic rings. The molecule has 104 valence electrons. The molecule has 4 nitrogen and oxygen atoms in total. The lowest BCUT2D eigenvalue weighted by atomic mass is 10.2. The van der Waals surface area contributed by atoms with Crippen molar-refractivity contribution in [3.05, 3.63) is 24.8 Å². The lowest BCUT2D eigenvalue weighted by Crippen LogP contribution is -2.07. The van der Waals surface area contributed by atoms with Gasteiger partial charge in [-0.25, -0.2) is 0 Å². The molecule has 0 radical (unpaired) electrons. The number of carbonyl (C=O) groups is 2. The molecule has 0 atom stereocenters. The quantitative estimate of drug-likeness (QED) is 0.256. The third kappa shape index (κ3) is 5.64. The Hall–Kier alpha value is -0.380. The molecule has 0 aliphatic heterocycles. The molecule has 0 aromatic heterocycles. The van der Waals surface area contributed by atoms with Gasteiger partial charge in [-0.2, -0.15) is 0 Å². The van der Waals surface area contributed by atoms with E-state index in [9.17, 15) is 9.59 Å². The summed E-state index contributed by atoms with van der Waals surface area (Å²) in [6, 6.07) is 3.55. The van der Waals surface area contributed by atoms with Crippen LogP contribution in [0.2, 0.25) is 0 Å². The minimum atomic E-state index is -0.202. The zero-order valence-corrected chi connectivity index (χ0v) is 14.8. The van der Waals surface area contributed by atoms with Crippen LogP contribution in [0.5, 0.6) is 5.75 Å². The normalized spacial score (nSPS) is 10.1. The summed E-state index contributed by atoms with van der Waals surface area (Å²) in [7, 11) is 0. The third-order valence-electron chi connectivity index (χ3n) is 2.23. The highest BCUT2D eigenvalue weighted by Gasteiger charge is 2.09. The van der Waals surface area contributed by atoms with E-state index in [1.165, 1.54) is 0 Å². The lowest BCUT2D eigenvalue weighted by Gasteiger charge is -2.10. The molecule has 0 bridgehead atoms. The van der Waals surface area contributed by atoms with Gasteiger partial charge in [-0.3, -0.25) is 9.59 Å². The van der Waals surface area contributed by atoms with Crippen molar-refractivity contribution in [3.8, 4) is 5.75 Å². The third-order valence-corrected chi connectivity index (χ3v) is 3.84. The lowest BCUT2D eigenvalue weighted by molar-refractivity contribution is -0.143. The summed E-state index contributed by atoms with van der Waals surface area (Å²) in [5, 5.41) is 0. The molecule has 6 heteroatoms. The molecule has 0 aliphatic carbocycles. The fourth-order valence-electron chi connectivity index (χ4n) is 1.41. The molecule has 0 saturated carbocycles. The van der Waals surface area contributed by atoms with Gasteiger partial charge in [0.15, 0.2) is 0 Å². The van der Waals surface area contributed by atoms with Crippen molar-refractivity contribution >= 4 is 57.4 Å². The maximum atomic E-state index is 11.2. The standard InChI is InChI=1S/C13H14I2O4/c1-2-18-12(17)4-3-5-19-13-10(14)6-9(8-16)7-11(13)15/h6-8H,2-5H2,1H3. The predicted octanol–water partition coefficient (Wildman–Crippen LogP) is 3.43. The Morgan fingerprint density at radius 3 is 2.47 bits per heavy atom. The van der Waals surface area contributed by atoms with Gasteiger partial charge >= 0.3 is 5.97 Å². The van der Waals surface area contributed by atoms with Crippen LogP contribution in [0.3, 0.4) is 0 Å². The van der Waals surface area contributed by atoms with Crippen molar-refractivity contribution in [1.29, 1.82) is 0 Å². The Morgan fingerprint density at radius 2 is 1.95 bits per heavy atom. The van der Waals surface area contributed by atoms with Crippen LogP contribution in [0, 0.1) is 7.14 Å². The molecule has 0 fully saturated rings. The van der Waals surface area contributed by atoms with Crippen molar-refractivity contribution in [1.82, 2.24) is 0 Å². The summed E-state index contributed by atoms with van der Waals surface area (Å²) in [5.74, 6) is 0.558. The fourth-order valence-corrected chi connectivity index (χ4v) is 3.54. The second-order valence-corrected chi connectivity index (χ2v) is 6.01. The van der Waals surface area contributed by atoms with Crippen LogP contribution in [0.1, 0.15) is 30.1 Å². The van der Waals surface area contributed by atoms with Crippen LogP contribution < -0.4 is 4.74 Å². The predicted molar refractivity (Wildman–Crippen MR) is 88.6 cm³/mol. The van der Waals surface area contributed by atoms with Crippen molar-refractivity contribution < 1.29 is 19.1 Å². The van der Waals surface area contributed by atoms with Crippen LogP contribution in [-0.2, 0) is 9.53 Å². The van der Waals surface area contributed by atoms with E-state index >= 15 is 0 Å². The first-order chi connectivity index (χ1) is 9.08. The van der Waals surface area contributed by atoms with E-state index in [0.717, 1.165) is 19.2 Å². The van der Waals surface area contributed by atoms with Crippen molar-refractivity contribution in [2.24, 2.45) is 0 Å². The Bertz CT molecular complexity index is 437. The van der Waals surface area contributed by atoms with Gasteiger partial charge in [0.1, 0.15) is 12.0 Å². The molecule has 0 N–H and O–H groups in total. The second kappa shape index (κ2) is 8.72. The maximum Gasteiger partial charge on any atom is 0.305 e. The summed E-state index contributed by atoms with van der Waals surface area (Å²) >= 11 is 4.27. The van der Waals surface area contributed by atoms with Crippen molar-refractivity contribution in [3.63, 3.8) is 0 Å². The monoisotopic (exact) mass is 488 g/mol. The highest BCUT2D eigenvalue weighted by Crippen LogP contribution is 2.28. The molecule has 0 amide bonds. The van der Waals surface area contributed by atoms with E-state index in [4.69, 9.17) is 9.47 Å². The first kappa shape index (κ1) is 16.7. The van der Waals surface area contributed by atoms with Crippen LogP contribution in [0.25, 0.3) is 0 Å². The van der Waals surface area contributed by atoms with Gasteiger partial charge in [-0.1, -0.05) is 0 Å². The molecule has 1 aromatic rings. The number of aldehydes is 1. The van der Waals surface area contributed by atoms with Gasteiger partial charge in [0.25, 0.3) is 0 Å². The zero-order chi connectivity index (χ0) is 14.3. The zero-order valence-electron chi connectivity index (χ0n) is 10.4. The Labute approximate surface area is 139 Å². The number of esters is 1. The molecule has 1 rings (SSSR count). The van der Waals surface area contributed by atoms with E-state index in [0.29, 0.717) is 31.6 Å². The number of hydrogen-bond acceptors (Lipinski definition) is 4. The van der Waals surface area contributed by atoms with Crippen LogP contribution in [0.4, 0.5) is 0 Å². The van der Waals surface area contributed by atoms with Gasteiger partial charge in [0.05, 0.1) is 20.4 Å². The average molecular weight is 488 g/mol. The molecule has 1 aromatic carbocycles. The number of benzene rings is 1. The van der Waals surface area contributed by atoms with Gasteiger partial charge < -0.3 is 9.47 Å². The minimum absolute atomic E-state index is 0.202. The van der Waals surface area contributed by atoms with Gasteiger partial charge in [-0.15, -0.1) is 0 Å². The average Bonchev–Trinajstić information content (AvgIpc) is 2.37. The van der Waals surface area contributed by atoms with E-state index in [1.807, 2.05) is 0 Å². The smallest absolute Gasteiger partial charge is 0.305 e. The van der Waals surface area contributed by atoms with E-state index in [1.54, 1.807) is 19.1 Å². The molecule has 19 heavy (non-hydrogen) atoms. The Balaban J connectivity index is 2.50. The Kier molecular flexibility index (Phi) is 7.66. The van der Waals surface area contributed by atoms with Crippen molar-refractivity contribution in [2.45, 2.75) is 19.8 Å². The van der Waals surface area contributed by atoms with E-state index < -0.39 is 0 Å². The van der Waals surface area contributed by atoms with Crippen LogP contribution in [0.15, 0.2) is 12.1 Å². The second-order valence-electron chi connectivity index (χ2n) is 3.69. The fraction of sp³-hybridized carbons (Fsp3) is 0.385. The summed E-state index contributed by atoms with van der Waals surface area (Å²) in [4.78, 5) is 21.9. The summed E-state index contributed by atoms with van der Waals surface area (Å²) in [5.41, 5.74) is 0.632.